The van der Waals surface area contributed by atoms with E-state index in [4.69, 9.17) is 0 Å². The summed E-state index contributed by atoms with van der Waals surface area (Å²) in [5.74, 6) is -1.27. The molecular formula is C11H10F4O2. The Balaban J connectivity index is 2.39. The van der Waals surface area contributed by atoms with E-state index in [-0.39, 0.29) is 18.6 Å². The van der Waals surface area contributed by atoms with Gasteiger partial charge in [0.1, 0.15) is 12.4 Å². The van der Waals surface area contributed by atoms with Crippen molar-refractivity contribution < 1.29 is 27.1 Å². The summed E-state index contributed by atoms with van der Waals surface area (Å²) in [7, 11) is 0. The highest BCUT2D eigenvalue weighted by molar-refractivity contribution is 5.96. The lowest BCUT2D eigenvalue weighted by Gasteiger charge is -2.07. The van der Waals surface area contributed by atoms with Crippen LogP contribution in [0, 0.1) is 5.82 Å². The van der Waals surface area contributed by atoms with Gasteiger partial charge in [-0.25, -0.2) is 4.39 Å². The maximum Gasteiger partial charge on any atom is 0.411 e. The molecule has 1 aromatic carbocycles. The Hall–Kier alpha value is -1.43. The fourth-order valence-electron chi connectivity index (χ4n) is 1.17. The van der Waals surface area contributed by atoms with E-state index in [9.17, 15) is 22.4 Å². The highest BCUT2D eigenvalue weighted by atomic mass is 19.4. The Morgan fingerprint density at radius 2 is 1.88 bits per heavy atom. The number of hydrogen-bond donors (Lipinski definition) is 0. The van der Waals surface area contributed by atoms with Crippen molar-refractivity contribution in [2.75, 3.05) is 13.2 Å². The van der Waals surface area contributed by atoms with E-state index >= 15 is 0 Å². The van der Waals surface area contributed by atoms with Crippen LogP contribution in [0.4, 0.5) is 17.6 Å². The molecule has 0 N–H and O–H groups in total. The number of ether oxygens (including phenoxy) is 1. The summed E-state index contributed by atoms with van der Waals surface area (Å²) in [6, 6.07) is 5.30. The third-order valence-corrected chi connectivity index (χ3v) is 1.91. The van der Waals surface area contributed by atoms with Crippen molar-refractivity contribution >= 4 is 5.78 Å². The van der Waals surface area contributed by atoms with Crippen LogP contribution in [0.15, 0.2) is 24.3 Å². The molecule has 1 aromatic rings. The second-order valence-corrected chi connectivity index (χ2v) is 3.32. The maximum atomic E-state index is 13.1. The van der Waals surface area contributed by atoms with Gasteiger partial charge in [0, 0.05) is 6.42 Å². The van der Waals surface area contributed by atoms with Gasteiger partial charge in [-0.15, -0.1) is 0 Å². The average Bonchev–Trinajstić information content (AvgIpc) is 2.23. The third kappa shape index (κ3) is 4.95. The van der Waals surface area contributed by atoms with Crippen LogP contribution in [0.3, 0.4) is 0 Å². The quantitative estimate of drug-likeness (QED) is 0.456. The molecule has 0 unspecified atom stereocenters. The molecule has 1 rings (SSSR count). The molecule has 0 heterocycles. The molecule has 0 amide bonds. The van der Waals surface area contributed by atoms with Gasteiger partial charge in [0.05, 0.1) is 12.2 Å². The molecule has 0 saturated heterocycles. The number of Topliss-reactive ketones (excluding diaryl/α,β-unsaturated/α-hetero) is 1. The second-order valence-electron chi connectivity index (χ2n) is 3.32. The Bertz CT molecular complexity index is 387. The van der Waals surface area contributed by atoms with Crippen LogP contribution in [0.2, 0.25) is 0 Å². The molecule has 0 saturated carbocycles. The predicted octanol–water partition coefficient (Wildman–Crippen LogP) is 2.98. The first-order chi connectivity index (χ1) is 7.90. The molecule has 94 valence electrons. The van der Waals surface area contributed by atoms with Crippen LogP contribution in [0.25, 0.3) is 0 Å². The minimum absolute atomic E-state index is 0.136. The van der Waals surface area contributed by atoms with Crippen LogP contribution in [0.5, 0.6) is 0 Å². The van der Waals surface area contributed by atoms with Crippen LogP contribution >= 0.6 is 0 Å². The zero-order valence-electron chi connectivity index (χ0n) is 8.76. The molecule has 0 bridgehead atoms. The van der Waals surface area contributed by atoms with Gasteiger partial charge in [-0.2, -0.15) is 13.2 Å². The molecule has 17 heavy (non-hydrogen) atoms. The van der Waals surface area contributed by atoms with Gasteiger partial charge in [0.15, 0.2) is 5.78 Å². The van der Waals surface area contributed by atoms with Crippen LogP contribution in [0.1, 0.15) is 16.8 Å². The fourth-order valence-corrected chi connectivity index (χ4v) is 1.17. The highest BCUT2D eigenvalue weighted by Gasteiger charge is 2.27. The van der Waals surface area contributed by atoms with Crippen molar-refractivity contribution in [2.24, 2.45) is 0 Å². The van der Waals surface area contributed by atoms with Crippen LogP contribution in [-0.2, 0) is 4.74 Å². The third-order valence-electron chi connectivity index (χ3n) is 1.91. The standard InChI is InChI=1S/C11H10F4O2/c12-9-4-2-1-3-8(9)10(16)5-6-17-7-11(13,14)15/h1-4H,5-7H2. The van der Waals surface area contributed by atoms with Crippen molar-refractivity contribution in [2.45, 2.75) is 12.6 Å². The SMILES string of the molecule is O=C(CCOCC(F)(F)F)c1ccccc1F. The van der Waals surface area contributed by atoms with Crippen molar-refractivity contribution in [3.63, 3.8) is 0 Å². The number of halogens is 4. The highest BCUT2D eigenvalue weighted by Crippen LogP contribution is 2.15. The van der Waals surface area contributed by atoms with E-state index in [1.807, 2.05) is 0 Å². The fraction of sp³-hybridized carbons (Fsp3) is 0.364. The zero-order chi connectivity index (χ0) is 12.9. The summed E-state index contributed by atoms with van der Waals surface area (Å²) in [5.41, 5.74) is -0.136. The number of rotatable bonds is 5. The topological polar surface area (TPSA) is 26.3 Å². The van der Waals surface area contributed by atoms with Crippen molar-refractivity contribution in [3.05, 3.63) is 35.6 Å². The molecule has 0 aliphatic carbocycles. The lowest BCUT2D eigenvalue weighted by molar-refractivity contribution is -0.173. The number of hydrogen-bond acceptors (Lipinski definition) is 2. The molecular weight excluding hydrogens is 240 g/mol. The van der Waals surface area contributed by atoms with Gasteiger partial charge in [-0.05, 0) is 12.1 Å². The Morgan fingerprint density at radius 3 is 2.47 bits per heavy atom. The number of ketones is 1. The lowest BCUT2D eigenvalue weighted by Crippen LogP contribution is -2.18. The minimum atomic E-state index is -4.42. The van der Waals surface area contributed by atoms with Crippen molar-refractivity contribution in [1.29, 1.82) is 0 Å². The van der Waals surface area contributed by atoms with E-state index in [1.165, 1.54) is 18.2 Å². The summed E-state index contributed by atoms with van der Waals surface area (Å²) >= 11 is 0. The zero-order valence-corrected chi connectivity index (χ0v) is 8.76. The summed E-state index contributed by atoms with van der Waals surface area (Å²) in [6.07, 6.45) is -4.70. The number of alkyl halides is 3. The van der Waals surface area contributed by atoms with Gasteiger partial charge in [0.2, 0.25) is 0 Å². The first-order valence-electron chi connectivity index (χ1n) is 4.82. The minimum Gasteiger partial charge on any atom is -0.372 e. The van der Waals surface area contributed by atoms with E-state index in [1.54, 1.807) is 0 Å². The molecule has 0 aliphatic rings. The van der Waals surface area contributed by atoms with Gasteiger partial charge in [-0.3, -0.25) is 4.79 Å². The lowest BCUT2D eigenvalue weighted by atomic mass is 10.1. The summed E-state index contributed by atoms with van der Waals surface area (Å²) in [5, 5.41) is 0. The molecule has 0 aromatic heterocycles. The van der Waals surface area contributed by atoms with E-state index in [0.29, 0.717) is 0 Å². The first kappa shape index (κ1) is 13.6. The number of benzene rings is 1. The molecule has 0 radical (unpaired) electrons. The maximum absolute atomic E-state index is 13.1. The first-order valence-corrected chi connectivity index (χ1v) is 4.82. The van der Waals surface area contributed by atoms with Gasteiger partial charge >= 0.3 is 6.18 Å². The normalized spacial score (nSPS) is 11.5. The summed E-state index contributed by atoms with van der Waals surface area (Å²) in [6.45, 7) is -1.79. The Kier molecular flexibility index (Phi) is 4.62. The van der Waals surface area contributed by atoms with Gasteiger partial charge < -0.3 is 4.74 Å². The molecule has 0 spiro atoms. The smallest absolute Gasteiger partial charge is 0.372 e. The molecule has 0 aliphatic heterocycles. The van der Waals surface area contributed by atoms with Crippen LogP contribution < -0.4 is 0 Å². The van der Waals surface area contributed by atoms with Gasteiger partial charge in [-0.1, -0.05) is 12.1 Å². The molecule has 0 fully saturated rings. The predicted molar refractivity (Wildman–Crippen MR) is 52.2 cm³/mol. The Labute approximate surface area is 95.2 Å². The molecule has 6 heteroatoms. The van der Waals surface area contributed by atoms with Crippen molar-refractivity contribution in [3.8, 4) is 0 Å². The van der Waals surface area contributed by atoms with Gasteiger partial charge in [0.25, 0.3) is 0 Å². The molecule has 0 atom stereocenters. The summed E-state index contributed by atoms with van der Waals surface area (Å²) < 4.78 is 52.5. The van der Waals surface area contributed by atoms with E-state index in [0.717, 1.165) is 6.07 Å². The number of carbonyl (C=O) groups excluding carboxylic acids is 1. The Morgan fingerprint density at radius 1 is 1.24 bits per heavy atom. The van der Waals surface area contributed by atoms with E-state index in [2.05, 4.69) is 4.74 Å². The van der Waals surface area contributed by atoms with Crippen molar-refractivity contribution in [1.82, 2.24) is 0 Å². The van der Waals surface area contributed by atoms with Crippen LogP contribution in [-0.4, -0.2) is 25.2 Å². The monoisotopic (exact) mass is 250 g/mol. The average molecular weight is 250 g/mol. The second kappa shape index (κ2) is 5.77. The van der Waals surface area contributed by atoms with E-state index < -0.39 is 24.4 Å². The summed E-state index contributed by atoms with van der Waals surface area (Å²) in [4.78, 5) is 11.4. The largest absolute Gasteiger partial charge is 0.411 e. The molecule has 2 nitrogen and oxygen atoms in total. The number of carbonyl (C=O) groups is 1.